The first kappa shape index (κ1) is 28.0. The minimum Gasteiger partial charge on any atom is -0.0654 e. The monoisotopic (exact) mass is 391 g/mol. The highest BCUT2D eigenvalue weighted by molar-refractivity contribution is 4.62. The Balaban J connectivity index is 3.41. The van der Waals surface area contributed by atoms with Gasteiger partial charge < -0.3 is 0 Å². The second-order valence-electron chi connectivity index (χ2n) is 9.35. The van der Waals surface area contributed by atoms with Crippen LogP contribution in [0.25, 0.3) is 0 Å². The molecule has 0 aliphatic carbocycles. The predicted octanol–water partition coefficient (Wildman–Crippen LogP) is 10.6. The Bertz CT molecular complexity index is 233. The van der Waals surface area contributed by atoms with E-state index < -0.39 is 0 Å². The highest BCUT2D eigenvalue weighted by Gasteiger charge is 2.07. The average molecular weight is 392 g/mol. The SMILES string of the molecule is [C]CCC(CCCCCCCCCCCC)CCCCCCCCCCCC. The summed E-state index contributed by atoms with van der Waals surface area (Å²) in [6.45, 7) is 12.2. The maximum atomic E-state index is 7.61. The van der Waals surface area contributed by atoms with Crippen LogP contribution in [0, 0.1) is 12.8 Å². The molecule has 0 aromatic heterocycles. The Hall–Kier alpha value is 0. The van der Waals surface area contributed by atoms with E-state index in [4.69, 9.17) is 6.92 Å². The summed E-state index contributed by atoms with van der Waals surface area (Å²) in [7, 11) is 0. The van der Waals surface area contributed by atoms with E-state index in [9.17, 15) is 0 Å². The summed E-state index contributed by atoms with van der Waals surface area (Å²) in [5, 5.41) is 0. The molecule has 0 aromatic carbocycles. The van der Waals surface area contributed by atoms with Gasteiger partial charge in [0.1, 0.15) is 0 Å². The van der Waals surface area contributed by atoms with Gasteiger partial charge in [0.05, 0.1) is 0 Å². The van der Waals surface area contributed by atoms with Crippen molar-refractivity contribution in [3.05, 3.63) is 6.92 Å². The van der Waals surface area contributed by atoms with Crippen LogP contribution < -0.4 is 0 Å². The molecule has 0 heteroatoms. The average Bonchev–Trinajstić information content (AvgIpc) is 2.70. The zero-order chi connectivity index (χ0) is 20.5. The molecule has 0 saturated carbocycles. The van der Waals surface area contributed by atoms with Gasteiger partial charge in [0, 0.05) is 0 Å². The van der Waals surface area contributed by atoms with E-state index >= 15 is 0 Å². The fourth-order valence-corrected chi connectivity index (χ4v) is 4.48. The molecule has 0 rings (SSSR count). The van der Waals surface area contributed by atoms with Crippen LogP contribution in [0.4, 0.5) is 0 Å². The molecule has 0 atom stereocenters. The second-order valence-corrected chi connectivity index (χ2v) is 9.35. The van der Waals surface area contributed by atoms with Gasteiger partial charge in [0.2, 0.25) is 0 Å². The lowest BCUT2D eigenvalue weighted by Gasteiger charge is -2.16. The predicted molar refractivity (Wildman–Crippen MR) is 129 cm³/mol. The molecule has 0 unspecified atom stereocenters. The molecule has 167 valence electrons. The molecule has 0 saturated heterocycles. The van der Waals surface area contributed by atoms with Crippen molar-refractivity contribution in [1.82, 2.24) is 0 Å². The Morgan fingerprint density at radius 1 is 0.393 bits per heavy atom. The standard InChI is InChI=1S/C28H55/c1-4-7-9-11-13-15-17-19-21-23-26-28(25-6-3)27-24-22-20-18-16-14-12-10-8-5-2/h28H,4-27H2,1-2H3. The molecule has 0 heterocycles. The molecule has 0 aromatic rings. The first-order valence-electron chi connectivity index (χ1n) is 13.5. The lowest BCUT2D eigenvalue weighted by Crippen LogP contribution is -2.00. The smallest absolute Gasteiger partial charge is 0.00935 e. The molecule has 0 amide bonds. The molecular weight excluding hydrogens is 336 g/mol. The molecule has 28 heavy (non-hydrogen) atoms. The summed E-state index contributed by atoms with van der Waals surface area (Å²) in [6.07, 6.45) is 33.3. The maximum Gasteiger partial charge on any atom is -0.00935 e. The molecular formula is C28H55. The minimum atomic E-state index is 0.639. The van der Waals surface area contributed by atoms with E-state index in [1.54, 1.807) is 0 Å². The highest BCUT2D eigenvalue weighted by atomic mass is 14.1. The zero-order valence-corrected chi connectivity index (χ0v) is 20.0. The summed E-state index contributed by atoms with van der Waals surface area (Å²) in [6, 6.07) is 0. The number of hydrogen-bond acceptors (Lipinski definition) is 0. The van der Waals surface area contributed by atoms with Crippen molar-refractivity contribution in [1.29, 1.82) is 0 Å². The third-order valence-corrected chi connectivity index (χ3v) is 6.48. The largest absolute Gasteiger partial charge is 0.0654 e. The van der Waals surface area contributed by atoms with Gasteiger partial charge in [-0.05, 0) is 25.7 Å². The lowest BCUT2D eigenvalue weighted by molar-refractivity contribution is 0.381. The van der Waals surface area contributed by atoms with Gasteiger partial charge in [0.25, 0.3) is 0 Å². The van der Waals surface area contributed by atoms with E-state index in [0.717, 1.165) is 12.3 Å². The van der Waals surface area contributed by atoms with Crippen LogP contribution >= 0.6 is 0 Å². The fraction of sp³-hybridized carbons (Fsp3) is 0.964. The van der Waals surface area contributed by atoms with E-state index in [-0.39, 0.29) is 0 Å². The van der Waals surface area contributed by atoms with E-state index in [2.05, 4.69) is 13.8 Å². The van der Waals surface area contributed by atoms with Crippen molar-refractivity contribution < 1.29 is 0 Å². The molecule has 0 aliphatic rings. The Morgan fingerprint density at radius 2 is 0.679 bits per heavy atom. The Kier molecular flexibility index (Phi) is 25.0. The number of rotatable bonds is 24. The van der Waals surface area contributed by atoms with Crippen LogP contribution in [-0.2, 0) is 0 Å². The zero-order valence-electron chi connectivity index (χ0n) is 20.0. The van der Waals surface area contributed by atoms with Crippen LogP contribution in [0.15, 0.2) is 0 Å². The quantitative estimate of drug-likeness (QED) is 0.143. The summed E-state index contributed by atoms with van der Waals surface area (Å²) >= 11 is 0. The summed E-state index contributed by atoms with van der Waals surface area (Å²) in [4.78, 5) is 0. The van der Waals surface area contributed by atoms with Crippen molar-refractivity contribution in [3.8, 4) is 0 Å². The van der Waals surface area contributed by atoms with Crippen molar-refractivity contribution in [2.45, 2.75) is 168 Å². The first-order valence-corrected chi connectivity index (χ1v) is 13.5. The van der Waals surface area contributed by atoms with Gasteiger partial charge in [-0.15, -0.1) is 0 Å². The van der Waals surface area contributed by atoms with Crippen LogP contribution in [0.5, 0.6) is 0 Å². The van der Waals surface area contributed by atoms with Gasteiger partial charge in [-0.3, -0.25) is 0 Å². The van der Waals surface area contributed by atoms with Gasteiger partial charge in [0.15, 0.2) is 0 Å². The lowest BCUT2D eigenvalue weighted by atomic mass is 9.90. The molecule has 0 N–H and O–H groups in total. The van der Waals surface area contributed by atoms with Crippen LogP contribution in [-0.4, -0.2) is 0 Å². The van der Waals surface area contributed by atoms with Crippen molar-refractivity contribution >= 4 is 0 Å². The normalized spacial score (nSPS) is 11.6. The molecule has 3 radical (unpaired) electrons. The molecule has 0 aliphatic heterocycles. The van der Waals surface area contributed by atoms with Gasteiger partial charge in [-0.1, -0.05) is 155 Å². The van der Waals surface area contributed by atoms with Crippen LogP contribution in [0.2, 0.25) is 0 Å². The summed E-state index contributed by atoms with van der Waals surface area (Å²) < 4.78 is 0. The van der Waals surface area contributed by atoms with Crippen molar-refractivity contribution in [2.75, 3.05) is 0 Å². The Morgan fingerprint density at radius 3 is 0.964 bits per heavy atom. The molecule has 0 bridgehead atoms. The summed E-state index contributed by atoms with van der Waals surface area (Å²) in [5.74, 6) is 0.848. The van der Waals surface area contributed by atoms with Crippen molar-refractivity contribution in [3.63, 3.8) is 0 Å². The maximum absolute atomic E-state index is 7.61. The van der Waals surface area contributed by atoms with Crippen LogP contribution in [0.1, 0.15) is 168 Å². The Labute approximate surface area is 181 Å². The highest BCUT2D eigenvalue weighted by Crippen LogP contribution is 2.23. The number of hydrogen-bond donors (Lipinski definition) is 0. The van der Waals surface area contributed by atoms with Gasteiger partial charge >= 0.3 is 0 Å². The first-order chi connectivity index (χ1) is 13.8. The van der Waals surface area contributed by atoms with Gasteiger partial charge in [-0.2, -0.15) is 0 Å². The number of unbranched alkanes of at least 4 members (excludes halogenated alkanes) is 18. The summed E-state index contributed by atoms with van der Waals surface area (Å²) in [5.41, 5.74) is 0. The van der Waals surface area contributed by atoms with Crippen LogP contribution in [0.3, 0.4) is 0 Å². The van der Waals surface area contributed by atoms with E-state index in [1.807, 2.05) is 0 Å². The topological polar surface area (TPSA) is 0 Å². The fourth-order valence-electron chi connectivity index (χ4n) is 4.48. The van der Waals surface area contributed by atoms with Crippen molar-refractivity contribution in [2.24, 2.45) is 5.92 Å². The van der Waals surface area contributed by atoms with Gasteiger partial charge in [-0.25, -0.2) is 0 Å². The third kappa shape index (κ3) is 22.3. The minimum absolute atomic E-state index is 0.639. The molecule has 0 spiro atoms. The van der Waals surface area contributed by atoms with E-state index in [1.165, 1.54) is 141 Å². The third-order valence-electron chi connectivity index (χ3n) is 6.48. The molecule has 0 fully saturated rings. The van der Waals surface area contributed by atoms with E-state index in [0.29, 0.717) is 6.42 Å². The molecule has 0 nitrogen and oxygen atoms in total. The second kappa shape index (κ2) is 25.0.